The normalized spacial score (nSPS) is 18.9. The van der Waals surface area contributed by atoms with Gasteiger partial charge in [0.25, 0.3) is 5.56 Å². The van der Waals surface area contributed by atoms with Gasteiger partial charge in [-0.15, -0.1) is 0 Å². The summed E-state index contributed by atoms with van der Waals surface area (Å²) in [4.78, 5) is 32.4. The van der Waals surface area contributed by atoms with Gasteiger partial charge in [-0.3, -0.25) is 14.2 Å². The predicted octanol–water partition coefficient (Wildman–Crippen LogP) is 3.10. The Morgan fingerprint density at radius 1 is 1.29 bits per heavy atom. The van der Waals surface area contributed by atoms with Crippen molar-refractivity contribution in [2.24, 2.45) is 0 Å². The van der Waals surface area contributed by atoms with E-state index in [-0.39, 0.29) is 29.0 Å². The molecule has 0 spiro atoms. The van der Waals surface area contributed by atoms with Crippen LogP contribution >= 0.6 is 11.8 Å². The number of fused-ring (bicyclic) bond motifs is 1. The number of para-hydroxylation sites is 1. The average Bonchev–Trinajstić information content (AvgIpc) is 3.11. The van der Waals surface area contributed by atoms with Gasteiger partial charge in [0, 0.05) is 19.6 Å². The SMILES string of the molecule is CCCCCCn1c(SC(C)C(=O)N(C)C2CCS(=O)(=O)C2)nc2ccccc2c1=O. The molecular weight excluding hydrogens is 434 g/mol. The van der Waals surface area contributed by atoms with Crippen molar-refractivity contribution in [3.8, 4) is 0 Å². The van der Waals surface area contributed by atoms with Crippen molar-refractivity contribution in [1.29, 1.82) is 0 Å². The molecule has 170 valence electrons. The van der Waals surface area contributed by atoms with E-state index < -0.39 is 15.1 Å². The third-order valence-corrected chi connectivity index (χ3v) is 8.62. The number of aromatic nitrogens is 2. The smallest absolute Gasteiger partial charge is 0.262 e. The standard InChI is InChI=1S/C22H31N3O4S2/c1-4-5-6-9-13-25-21(27)18-10-7-8-11-19(18)23-22(25)30-16(2)20(26)24(3)17-12-14-31(28,29)15-17/h7-8,10-11,16-17H,4-6,9,12-15H2,1-3H3. The summed E-state index contributed by atoms with van der Waals surface area (Å²) in [7, 11) is -1.41. The maximum absolute atomic E-state index is 13.1. The van der Waals surface area contributed by atoms with Crippen molar-refractivity contribution in [2.75, 3.05) is 18.6 Å². The molecular formula is C22H31N3O4S2. The number of nitrogens with zero attached hydrogens (tertiary/aromatic N) is 3. The van der Waals surface area contributed by atoms with E-state index in [9.17, 15) is 18.0 Å². The van der Waals surface area contributed by atoms with E-state index >= 15 is 0 Å². The molecule has 2 aromatic rings. The molecule has 7 nitrogen and oxygen atoms in total. The summed E-state index contributed by atoms with van der Waals surface area (Å²) >= 11 is 1.27. The van der Waals surface area contributed by atoms with Gasteiger partial charge in [0.15, 0.2) is 15.0 Å². The molecule has 1 aliphatic heterocycles. The lowest BCUT2D eigenvalue weighted by Gasteiger charge is -2.26. The highest BCUT2D eigenvalue weighted by molar-refractivity contribution is 8.00. The van der Waals surface area contributed by atoms with E-state index in [1.54, 1.807) is 29.5 Å². The third kappa shape index (κ3) is 5.68. The third-order valence-electron chi connectivity index (χ3n) is 5.80. The molecule has 2 heterocycles. The quantitative estimate of drug-likeness (QED) is 0.321. The molecule has 1 aliphatic rings. The van der Waals surface area contributed by atoms with Crippen molar-refractivity contribution in [3.05, 3.63) is 34.6 Å². The van der Waals surface area contributed by atoms with Crippen LogP contribution in [0.4, 0.5) is 0 Å². The van der Waals surface area contributed by atoms with Crippen LogP contribution in [0.25, 0.3) is 10.9 Å². The first-order valence-corrected chi connectivity index (χ1v) is 13.6. The van der Waals surface area contributed by atoms with E-state index in [0.29, 0.717) is 29.0 Å². The number of unbranched alkanes of at least 4 members (excludes halogenated alkanes) is 3. The van der Waals surface area contributed by atoms with Gasteiger partial charge in [-0.25, -0.2) is 13.4 Å². The molecule has 0 bridgehead atoms. The molecule has 1 saturated heterocycles. The first-order chi connectivity index (χ1) is 14.7. The summed E-state index contributed by atoms with van der Waals surface area (Å²) in [6, 6.07) is 6.98. The number of carbonyl (C=O) groups excluding carboxylic acids is 1. The summed E-state index contributed by atoms with van der Waals surface area (Å²) < 4.78 is 25.3. The first kappa shape index (κ1) is 23.8. The van der Waals surface area contributed by atoms with Gasteiger partial charge in [-0.2, -0.15) is 0 Å². The Labute approximate surface area is 188 Å². The molecule has 0 aliphatic carbocycles. The first-order valence-electron chi connectivity index (χ1n) is 10.9. The van der Waals surface area contributed by atoms with Crippen LogP contribution in [0.15, 0.2) is 34.2 Å². The lowest BCUT2D eigenvalue weighted by atomic mass is 10.2. The van der Waals surface area contributed by atoms with Crippen molar-refractivity contribution >= 4 is 38.4 Å². The number of benzene rings is 1. The molecule has 1 amide bonds. The van der Waals surface area contributed by atoms with Crippen molar-refractivity contribution in [3.63, 3.8) is 0 Å². The van der Waals surface area contributed by atoms with Gasteiger partial charge in [0.2, 0.25) is 5.91 Å². The molecule has 9 heteroatoms. The van der Waals surface area contributed by atoms with E-state index in [0.717, 1.165) is 25.7 Å². The van der Waals surface area contributed by atoms with Crippen LogP contribution in [-0.2, 0) is 21.2 Å². The van der Waals surface area contributed by atoms with E-state index in [1.165, 1.54) is 11.8 Å². The van der Waals surface area contributed by atoms with Crippen LogP contribution < -0.4 is 5.56 Å². The Balaban J connectivity index is 1.83. The van der Waals surface area contributed by atoms with E-state index in [4.69, 9.17) is 4.98 Å². The zero-order valence-corrected chi connectivity index (χ0v) is 20.0. The highest BCUT2D eigenvalue weighted by Crippen LogP contribution is 2.26. The highest BCUT2D eigenvalue weighted by Gasteiger charge is 2.34. The molecule has 1 aromatic carbocycles. The Morgan fingerprint density at radius 3 is 2.71 bits per heavy atom. The number of hydrogen-bond acceptors (Lipinski definition) is 6. The maximum atomic E-state index is 13.1. The fraction of sp³-hybridized carbons (Fsp3) is 0.591. The maximum Gasteiger partial charge on any atom is 0.262 e. The largest absolute Gasteiger partial charge is 0.341 e. The molecule has 2 unspecified atom stereocenters. The fourth-order valence-electron chi connectivity index (χ4n) is 3.89. The van der Waals surface area contributed by atoms with Crippen molar-refractivity contribution in [2.45, 2.75) is 68.9 Å². The highest BCUT2D eigenvalue weighted by atomic mass is 32.2. The van der Waals surface area contributed by atoms with Crippen LogP contribution in [0.1, 0.15) is 46.0 Å². The lowest BCUT2D eigenvalue weighted by molar-refractivity contribution is -0.130. The monoisotopic (exact) mass is 465 g/mol. The van der Waals surface area contributed by atoms with Crippen LogP contribution in [0.2, 0.25) is 0 Å². The summed E-state index contributed by atoms with van der Waals surface area (Å²) in [5.74, 6) is -0.00407. The average molecular weight is 466 g/mol. The number of rotatable bonds is 9. The zero-order chi connectivity index (χ0) is 22.6. The Morgan fingerprint density at radius 2 is 2.03 bits per heavy atom. The predicted molar refractivity (Wildman–Crippen MR) is 125 cm³/mol. The minimum atomic E-state index is -3.07. The van der Waals surface area contributed by atoms with Gasteiger partial charge in [-0.05, 0) is 31.9 Å². The van der Waals surface area contributed by atoms with Gasteiger partial charge in [0.1, 0.15) is 0 Å². The van der Waals surface area contributed by atoms with Gasteiger partial charge in [-0.1, -0.05) is 50.1 Å². The molecule has 2 atom stereocenters. The second-order valence-corrected chi connectivity index (χ2v) is 11.7. The lowest BCUT2D eigenvalue weighted by Crippen LogP contribution is -2.42. The second kappa shape index (κ2) is 10.2. The topological polar surface area (TPSA) is 89.3 Å². The van der Waals surface area contributed by atoms with Crippen molar-refractivity contribution in [1.82, 2.24) is 14.5 Å². The molecule has 31 heavy (non-hydrogen) atoms. The molecule has 0 radical (unpaired) electrons. The number of carbonyl (C=O) groups is 1. The summed E-state index contributed by atoms with van der Waals surface area (Å²) in [5, 5.41) is 0.631. The van der Waals surface area contributed by atoms with Crippen molar-refractivity contribution < 1.29 is 13.2 Å². The van der Waals surface area contributed by atoms with Gasteiger partial charge < -0.3 is 4.90 Å². The molecule has 3 rings (SSSR count). The number of thioether (sulfide) groups is 1. The Kier molecular flexibility index (Phi) is 7.80. The second-order valence-electron chi connectivity index (χ2n) is 8.20. The Hall–Kier alpha value is -1.87. The molecule has 1 fully saturated rings. The number of hydrogen-bond donors (Lipinski definition) is 0. The minimum Gasteiger partial charge on any atom is -0.341 e. The van der Waals surface area contributed by atoms with Crippen LogP contribution in [-0.4, -0.2) is 58.6 Å². The number of amides is 1. The summed E-state index contributed by atoms with van der Waals surface area (Å²) in [5.41, 5.74) is 0.536. The summed E-state index contributed by atoms with van der Waals surface area (Å²) in [6.07, 6.45) is 4.61. The molecule has 0 saturated carbocycles. The van der Waals surface area contributed by atoms with Crippen LogP contribution in [0.3, 0.4) is 0 Å². The zero-order valence-electron chi connectivity index (χ0n) is 18.4. The molecule has 1 aromatic heterocycles. The minimum absolute atomic E-state index is 0.0169. The van der Waals surface area contributed by atoms with E-state index in [2.05, 4.69) is 6.92 Å². The molecule has 0 N–H and O–H groups in total. The Bertz CT molecular complexity index is 1100. The van der Waals surface area contributed by atoms with Crippen LogP contribution in [0, 0.1) is 0 Å². The van der Waals surface area contributed by atoms with Gasteiger partial charge in [0.05, 0.1) is 27.7 Å². The van der Waals surface area contributed by atoms with Gasteiger partial charge >= 0.3 is 0 Å². The van der Waals surface area contributed by atoms with E-state index in [1.807, 2.05) is 18.2 Å². The fourth-order valence-corrected chi connectivity index (χ4v) is 6.70. The van der Waals surface area contributed by atoms with Crippen LogP contribution in [0.5, 0.6) is 0 Å². The summed E-state index contributed by atoms with van der Waals surface area (Å²) in [6.45, 7) is 4.50. The number of sulfone groups is 1.